The van der Waals surface area contributed by atoms with Crippen LogP contribution in [0.3, 0.4) is 0 Å². The molecule has 1 aliphatic rings. The fraction of sp³-hybridized carbons (Fsp3) is 0.250. The first-order chi connectivity index (χ1) is 12.5. The van der Waals surface area contributed by atoms with Crippen molar-refractivity contribution in [3.05, 3.63) is 71.3 Å². The van der Waals surface area contributed by atoms with Crippen molar-refractivity contribution in [2.75, 3.05) is 0 Å². The van der Waals surface area contributed by atoms with E-state index < -0.39 is 17.9 Å². The van der Waals surface area contributed by atoms with E-state index in [1.165, 1.54) is 6.07 Å². The number of amides is 2. The third kappa shape index (κ3) is 4.47. The Labute approximate surface area is 151 Å². The van der Waals surface area contributed by atoms with Crippen molar-refractivity contribution in [1.29, 1.82) is 0 Å². The molecule has 2 aromatic rings. The fourth-order valence-corrected chi connectivity index (χ4v) is 2.66. The second-order valence-electron chi connectivity index (χ2n) is 6.35. The van der Waals surface area contributed by atoms with Crippen LogP contribution in [0.5, 0.6) is 0 Å². The predicted molar refractivity (Wildman–Crippen MR) is 96.0 cm³/mol. The number of aliphatic carboxylic acids is 1. The molecule has 3 N–H and O–H groups in total. The van der Waals surface area contributed by atoms with Gasteiger partial charge in [0.2, 0.25) is 0 Å². The van der Waals surface area contributed by atoms with E-state index in [0.29, 0.717) is 0 Å². The first-order valence-corrected chi connectivity index (χ1v) is 8.52. The normalized spacial score (nSPS) is 14.3. The molecule has 0 bridgehead atoms. The third-order valence-electron chi connectivity index (χ3n) is 4.21. The van der Waals surface area contributed by atoms with Crippen molar-refractivity contribution >= 4 is 17.8 Å². The van der Waals surface area contributed by atoms with Gasteiger partial charge in [-0.25, -0.2) is 4.79 Å². The van der Waals surface area contributed by atoms with Gasteiger partial charge in [0.1, 0.15) is 6.04 Å². The summed E-state index contributed by atoms with van der Waals surface area (Å²) in [6.45, 7) is 0. The van der Waals surface area contributed by atoms with Gasteiger partial charge >= 0.3 is 5.97 Å². The van der Waals surface area contributed by atoms with E-state index in [2.05, 4.69) is 10.6 Å². The molecule has 0 aromatic heterocycles. The molecular formula is C20H20N2O4. The van der Waals surface area contributed by atoms with Crippen LogP contribution < -0.4 is 10.6 Å². The third-order valence-corrected chi connectivity index (χ3v) is 4.21. The molecule has 134 valence electrons. The van der Waals surface area contributed by atoms with E-state index in [-0.39, 0.29) is 29.5 Å². The molecule has 1 atom stereocenters. The maximum atomic E-state index is 12.6. The molecular weight excluding hydrogens is 332 g/mol. The van der Waals surface area contributed by atoms with Crippen molar-refractivity contribution in [2.45, 2.75) is 31.3 Å². The van der Waals surface area contributed by atoms with Gasteiger partial charge in [0, 0.05) is 12.5 Å². The molecule has 6 nitrogen and oxygen atoms in total. The van der Waals surface area contributed by atoms with Crippen molar-refractivity contribution in [2.24, 2.45) is 0 Å². The van der Waals surface area contributed by atoms with E-state index in [0.717, 1.165) is 18.4 Å². The summed E-state index contributed by atoms with van der Waals surface area (Å²) >= 11 is 0. The van der Waals surface area contributed by atoms with Gasteiger partial charge in [-0.3, -0.25) is 9.59 Å². The lowest BCUT2D eigenvalue weighted by Crippen LogP contribution is -2.43. The summed E-state index contributed by atoms with van der Waals surface area (Å²) < 4.78 is 0. The lowest BCUT2D eigenvalue weighted by Gasteiger charge is -2.16. The molecule has 0 heterocycles. The summed E-state index contributed by atoms with van der Waals surface area (Å²) in [7, 11) is 0. The maximum Gasteiger partial charge on any atom is 0.326 e. The van der Waals surface area contributed by atoms with E-state index in [1.54, 1.807) is 30.3 Å². The highest BCUT2D eigenvalue weighted by Crippen LogP contribution is 2.20. The van der Waals surface area contributed by atoms with Crippen LogP contribution in [-0.4, -0.2) is 35.0 Å². The molecule has 26 heavy (non-hydrogen) atoms. The van der Waals surface area contributed by atoms with Crippen LogP contribution >= 0.6 is 0 Å². The Balaban J connectivity index is 1.75. The van der Waals surface area contributed by atoms with Crippen molar-refractivity contribution in [3.8, 4) is 0 Å². The summed E-state index contributed by atoms with van der Waals surface area (Å²) in [5.41, 5.74) is 1.23. The van der Waals surface area contributed by atoms with E-state index in [4.69, 9.17) is 0 Å². The molecule has 1 aliphatic carbocycles. The minimum atomic E-state index is -1.12. The Morgan fingerprint density at radius 3 is 2.08 bits per heavy atom. The fourth-order valence-electron chi connectivity index (χ4n) is 2.66. The average molecular weight is 352 g/mol. The number of hydrogen-bond acceptors (Lipinski definition) is 3. The zero-order valence-corrected chi connectivity index (χ0v) is 14.1. The second kappa shape index (κ2) is 7.82. The Bertz CT molecular complexity index is 816. The summed E-state index contributed by atoms with van der Waals surface area (Å²) in [4.78, 5) is 36.5. The molecule has 0 saturated heterocycles. The Morgan fingerprint density at radius 1 is 0.923 bits per heavy atom. The van der Waals surface area contributed by atoms with Crippen LogP contribution in [0.4, 0.5) is 0 Å². The monoisotopic (exact) mass is 352 g/mol. The SMILES string of the molecule is O=C(NC1CC1)c1ccccc1C(=O)NC(Cc1ccccc1)C(=O)O. The minimum Gasteiger partial charge on any atom is -0.480 e. The lowest BCUT2D eigenvalue weighted by atomic mass is 10.0. The summed E-state index contributed by atoms with van der Waals surface area (Å²) in [6, 6.07) is 14.6. The van der Waals surface area contributed by atoms with Gasteiger partial charge in [-0.2, -0.15) is 0 Å². The summed E-state index contributed by atoms with van der Waals surface area (Å²) in [6.07, 6.45) is 2.05. The van der Waals surface area contributed by atoms with Crippen LogP contribution in [0, 0.1) is 0 Å². The largest absolute Gasteiger partial charge is 0.480 e. The van der Waals surface area contributed by atoms with Gasteiger partial charge in [-0.1, -0.05) is 42.5 Å². The molecule has 0 aliphatic heterocycles. The van der Waals surface area contributed by atoms with Gasteiger partial charge < -0.3 is 15.7 Å². The Hall–Kier alpha value is -3.15. The van der Waals surface area contributed by atoms with E-state index >= 15 is 0 Å². The van der Waals surface area contributed by atoms with Crippen LogP contribution in [-0.2, 0) is 11.2 Å². The number of benzene rings is 2. The zero-order chi connectivity index (χ0) is 18.5. The molecule has 3 rings (SSSR count). The van der Waals surface area contributed by atoms with E-state index in [9.17, 15) is 19.5 Å². The highest BCUT2D eigenvalue weighted by molar-refractivity contribution is 6.08. The standard InChI is InChI=1S/C20H20N2O4/c23-18(21-14-10-11-14)15-8-4-5-9-16(15)19(24)22-17(20(25)26)12-13-6-2-1-3-7-13/h1-9,14,17H,10-12H2,(H,21,23)(H,22,24)(H,25,26). The highest BCUT2D eigenvalue weighted by atomic mass is 16.4. The van der Waals surface area contributed by atoms with Crippen LogP contribution in [0.1, 0.15) is 39.1 Å². The van der Waals surface area contributed by atoms with E-state index in [1.807, 2.05) is 18.2 Å². The lowest BCUT2D eigenvalue weighted by molar-refractivity contribution is -0.139. The Kier molecular flexibility index (Phi) is 5.31. The van der Waals surface area contributed by atoms with Gasteiger partial charge in [0.15, 0.2) is 0 Å². The summed E-state index contributed by atoms with van der Waals surface area (Å²) in [5.74, 6) is -2.01. The minimum absolute atomic E-state index is 0.165. The van der Waals surface area contributed by atoms with Crippen LogP contribution in [0.2, 0.25) is 0 Å². The molecule has 1 saturated carbocycles. The quantitative estimate of drug-likeness (QED) is 0.710. The number of carboxylic acids is 1. The van der Waals surface area contributed by atoms with Crippen molar-refractivity contribution in [1.82, 2.24) is 10.6 Å². The second-order valence-corrected chi connectivity index (χ2v) is 6.35. The molecule has 1 unspecified atom stereocenters. The first-order valence-electron chi connectivity index (χ1n) is 8.52. The number of carbonyl (C=O) groups is 3. The molecule has 2 amide bonds. The van der Waals surface area contributed by atoms with Crippen molar-refractivity contribution < 1.29 is 19.5 Å². The highest BCUT2D eigenvalue weighted by Gasteiger charge is 2.27. The number of hydrogen-bond donors (Lipinski definition) is 3. The molecule has 0 radical (unpaired) electrons. The van der Waals surface area contributed by atoms with Crippen molar-refractivity contribution in [3.63, 3.8) is 0 Å². The van der Waals surface area contributed by atoms with Gasteiger partial charge in [0.25, 0.3) is 11.8 Å². The Morgan fingerprint density at radius 2 is 1.50 bits per heavy atom. The van der Waals surface area contributed by atoms with Crippen LogP contribution in [0.25, 0.3) is 0 Å². The van der Waals surface area contributed by atoms with Gasteiger partial charge in [-0.05, 0) is 30.5 Å². The maximum absolute atomic E-state index is 12.6. The number of nitrogens with one attached hydrogen (secondary N) is 2. The van der Waals surface area contributed by atoms with Crippen LogP contribution in [0.15, 0.2) is 54.6 Å². The topological polar surface area (TPSA) is 95.5 Å². The smallest absolute Gasteiger partial charge is 0.326 e. The number of rotatable bonds is 7. The van der Waals surface area contributed by atoms with Gasteiger partial charge in [0.05, 0.1) is 11.1 Å². The summed E-state index contributed by atoms with van der Waals surface area (Å²) in [5, 5.41) is 14.8. The average Bonchev–Trinajstić information content (AvgIpc) is 3.46. The molecule has 1 fully saturated rings. The first kappa shape index (κ1) is 17.7. The predicted octanol–water partition coefficient (Wildman–Crippen LogP) is 2.00. The zero-order valence-electron chi connectivity index (χ0n) is 14.1. The molecule has 0 spiro atoms. The van der Waals surface area contributed by atoms with Gasteiger partial charge in [-0.15, -0.1) is 0 Å². The number of carboxylic acid groups (broad SMARTS) is 1. The molecule has 6 heteroatoms. The number of carbonyl (C=O) groups excluding carboxylic acids is 2. The molecule has 2 aromatic carbocycles.